The molecule has 1 amide bonds. The van der Waals surface area contributed by atoms with Crippen molar-refractivity contribution >= 4 is 5.91 Å². The van der Waals surface area contributed by atoms with Gasteiger partial charge in [0.05, 0.1) is 11.3 Å². The smallest absolute Gasteiger partial charge is 0.254 e. The van der Waals surface area contributed by atoms with Crippen molar-refractivity contribution < 1.29 is 4.79 Å². The van der Waals surface area contributed by atoms with Crippen LogP contribution in [0, 0.1) is 6.92 Å². The number of amides is 1. The molecule has 2 aromatic rings. The third kappa shape index (κ3) is 2.97. The summed E-state index contributed by atoms with van der Waals surface area (Å²) in [5, 5.41) is 7.02. The quantitative estimate of drug-likeness (QED) is 0.768. The van der Waals surface area contributed by atoms with Crippen molar-refractivity contribution in [3.8, 4) is 0 Å². The number of aromatic amines is 1. The molecule has 0 unspecified atom stereocenters. The Morgan fingerprint density at radius 3 is 3.00 bits per heavy atom. The maximum Gasteiger partial charge on any atom is 0.254 e. The molecule has 18 heavy (non-hydrogen) atoms. The highest BCUT2D eigenvalue weighted by Crippen LogP contribution is 2.04. The molecule has 6 nitrogen and oxygen atoms in total. The second-order valence-corrected chi connectivity index (χ2v) is 4.20. The largest absolute Gasteiger partial charge is 0.352 e. The van der Waals surface area contributed by atoms with E-state index in [-0.39, 0.29) is 5.91 Å². The van der Waals surface area contributed by atoms with Gasteiger partial charge in [0.2, 0.25) is 0 Å². The minimum atomic E-state index is -0.0694. The molecule has 0 aliphatic carbocycles. The van der Waals surface area contributed by atoms with E-state index in [2.05, 4.69) is 20.4 Å². The van der Waals surface area contributed by atoms with Gasteiger partial charge in [0.15, 0.2) is 0 Å². The third-order valence-corrected chi connectivity index (χ3v) is 2.69. The summed E-state index contributed by atoms with van der Waals surface area (Å²) in [7, 11) is 1.81. The molecule has 0 aliphatic rings. The van der Waals surface area contributed by atoms with Crippen LogP contribution in [0.2, 0.25) is 0 Å². The van der Waals surface area contributed by atoms with Crippen molar-refractivity contribution in [2.24, 2.45) is 7.05 Å². The molecule has 0 spiro atoms. The number of nitrogens with zero attached hydrogens (tertiary/aromatic N) is 3. The number of hydrogen-bond donors (Lipinski definition) is 2. The topological polar surface area (TPSA) is 75.6 Å². The molecule has 2 N–H and O–H groups in total. The van der Waals surface area contributed by atoms with E-state index in [9.17, 15) is 4.79 Å². The van der Waals surface area contributed by atoms with Gasteiger partial charge in [0.1, 0.15) is 5.82 Å². The van der Waals surface area contributed by atoms with Gasteiger partial charge >= 0.3 is 0 Å². The highest BCUT2D eigenvalue weighted by atomic mass is 16.1. The predicted octanol–water partition coefficient (Wildman–Crippen LogP) is 0.814. The molecule has 0 bridgehead atoms. The Labute approximate surface area is 105 Å². The standard InChI is InChI=1S/C12H17N5O/c1-9-10(8-17(2)16-9)12(18)15-5-3-4-11-13-6-7-14-11/h6-8H,3-5H2,1-2H3,(H,13,14)(H,15,18). The van der Waals surface area contributed by atoms with E-state index in [1.165, 1.54) is 0 Å². The van der Waals surface area contributed by atoms with Crippen LogP contribution in [0.3, 0.4) is 0 Å². The van der Waals surface area contributed by atoms with Gasteiger partial charge in [-0.2, -0.15) is 5.10 Å². The lowest BCUT2D eigenvalue weighted by Gasteiger charge is -2.03. The summed E-state index contributed by atoms with van der Waals surface area (Å²) >= 11 is 0. The molecule has 0 fully saturated rings. The van der Waals surface area contributed by atoms with Gasteiger partial charge in [-0.25, -0.2) is 4.98 Å². The minimum absolute atomic E-state index is 0.0694. The average Bonchev–Trinajstić information content (AvgIpc) is 2.94. The van der Waals surface area contributed by atoms with Gasteiger partial charge < -0.3 is 10.3 Å². The molecular weight excluding hydrogens is 230 g/mol. The lowest BCUT2D eigenvalue weighted by atomic mass is 10.2. The molecule has 2 rings (SSSR count). The summed E-state index contributed by atoms with van der Waals surface area (Å²) in [6, 6.07) is 0. The number of aryl methyl sites for hydroxylation is 3. The number of imidazole rings is 1. The molecule has 0 saturated carbocycles. The first-order chi connectivity index (χ1) is 8.66. The fourth-order valence-electron chi connectivity index (χ4n) is 1.81. The van der Waals surface area contributed by atoms with E-state index in [0.29, 0.717) is 12.1 Å². The van der Waals surface area contributed by atoms with Crippen molar-refractivity contribution in [3.63, 3.8) is 0 Å². The van der Waals surface area contributed by atoms with Gasteiger partial charge in [0, 0.05) is 38.6 Å². The van der Waals surface area contributed by atoms with Crippen molar-refractivity contribution in [3.05, 3.63) is 35.7 Å². The Kier molecular flexibility index (Phi) is 3.76. The van der Waals surface area contributed by atoms with Crippen LogP contribution < -0.4 is 5.32 Å². The highest BCUT2D eigenvalue weighted by Gasteiger charge is 2.11. The van der Waals surface area contributed by atoms with E-state index < -0.39 is 0 Å². The molecule has 2 aromatic heterocycles. The van der Waals surface area contributed by atoms with Crippen LogP contribution in [0.1, 0.15) is 28.3 Å². The van der Waals surface area contributed by atoms with E-state index in [0.717, 1.165) is 24.4 Å². The first kappa shape index (κ1) is 12.3. The average molecular weight is 247 g/mol. The Bertz CT molecular complexity index is 515. The third-order valence-electron chi connectivity index (χ3n) is 2.69. The normalized spacial score (nSPS) is 10.6. The number of rotatable bonds is 5. The lowest BCUT2D eigenvalue weighted by molar-refractivity contribution is 0.0952. The zero-order chi connectivity index (χ0) is 13.0. The second-order valence-electron chi connectivity index (χ2n) is 4.20. The molecule has 0 atom stereocenters. The predicted molar refractivity (Wildman–Crippen MR) is 67.2 cm³/mol. The SMILES string of the molecule is Cc1nn(C)cc1C(=O)NCCCc1ncc[nH]1. The van der Waals surface area contributed by atoms with Crippen molar-refractivity contribution in [1.82, 2.24) is 25.1 Å². The molecule has 0 radical (unpaired) electrons. The summed E-state index contributed by atoms with van der Waals surface area (Å²) in [5.41, 5.74) is 1.39. The minimum Gasteiger partial charge on any atom is -0.352 e. The number of hydrogen-bond acceptors (Lipinski definition) is 3. The Hall–Kier alpha value is -2.11. The number of aromatic nitrogens is 4. The lowest BCUT2D eigenvalue weighted by Crippen LogP contribution is -2.25. The van der Waals surface area contributed by atoms with E-state index in [4.69, 9.17) is 0 Å². The summed E-state index contributed by atoms with van der Waals surface area (Å²) in [6.45, 7) is 2.46. The summed E-state index contributed by atoms with van der Waals surface area (Å²) in [6.07, 6.45) is 6.95. The maximum atomic E-state index is 11.9. The number of carbonyl (C=O) groups excluding carboxylic acids is 1. The Balaban J connectivity index is 1.77. The van der Waals surface area contributed by atoms with Crippen LogP contribution in [-0.2, 0) is 13.5 Å². The van der Waals surface area contributed by atoms with Crippen LogP contribution in [-0.4, -0.2) is 32.2 Å². The maximum absolute atomic E-state index is 11.9. The number of H-pyrrole nitrogens is 1. The van der Waals surface area contributed by atoms with Crippen molar-refractivity contribution in [1.29, 1.82) is 0 Å². The van der Waals surface area contributed by atoms with Crippen LogP contribution in [0.4, 0.5) is 0 Å². The Morgan fingerprint density at radius 2 is 2.39 bits per heavy atom. The van der Waals surface area contributed by atoms with E-state index in [1.54, 1.807) is 30.3 Å². The molecule has 2 heterocycles. The second kappa shape index (κ2) is 5.48. The fourth-order valence-corrected chi connectivity index (χ4v) is 1.81. The van der Waals surface area contributed by atoms with E-state index >= 15 is 0 Å². The first-order valence-electron chi connectivity index (χ1n) is 5.93. The van der Waals surface area contributed by atoms with E-state index in [1.807, 2.05) is 6.92 Å². The number of nitrogens with one attached hydrogen (secondary N) is 2. The first-order valence-corrected chi connectivity index (χ1v) is 5.93. The zero-order valence-electron chi connectivity index (χ0n) is 10.6. The zero-order valence-corrected chi connectivity index (χ0v) is 10.6. The van der Waals surface area contributed by atoms with Gasteiger partial charge in [-0.1, -0.05) is 0 Å². The van der Waals surface area contributed by atoms with Crippen LogP contribution in [0.15, 0.2) is 18.6 Å². The van der Waals surface area contributed by atoms with Gasteiger partial charge in [-0.05, 0) is 13.3 Å². The number of carbonyl (C=O) groups is 1. The molecule has 96 valence electrons. The van der Waals surface area contributed by atoms with Crippen LogP contribution in [0.25, 0.3) is 0 Å². The van der Waals surface area contributed by atoms with Crippen molar-refractivity contribution in [2.75, 3.05) is 6.54 Å². The molecule has 6 heteroatoms. The van der Waals surface area contributed by atoms with Crippen LogP contribution in [0.5, 0.6) is 0 Å². The van der Waals surface area contributed by atoms with Gasteiger partial charge in [-0.3, -0.25) is 9.48 Å². The summed E-state index contributed by atoms with van der Waals surface area (Å²) in [5.74, 6) is 0.877. The molecule has 0 aliphatic heterocycles. The monoisotopic (exact) mass is 247 g/mol. The molecule has 0 aromatic carbocycles. The highest BCUT2D eigenvalue weighted by molar-refractivity contribution is 5.94. The van der Waals surface area contributed by atoms with Crippen molar-refractivity contribution in [2.45, 2.75) is 19.8 Å². The fraction of sp³-hybridized carbons (Fsp3) is 0.417. The molecule has 0 saturated heterocycles. The van der Waals surface area contributed by atoms with Crippen LogP contribution >= 0.6 is 0 Å². The van der Waals surface area contributed by atoms with Gasteiger partial charge in [-0.15, -0.1) is 0 Å². The summed E-state index contributed by atoms with van der Waals surface area (Å²) < 4.78 is 1.65. The Morgan fingerprint density at radius 1 is 1.56 bits per heavy atom. The summed E-state index contributed by atoms with van der Waals surface area (Å²) in [4.78, 5) is 19.0. The van der Waals surface area contributed by atoms with Gasteiger partial charge in [0.25, 0.3) is 5.91 Å². The molecular formula is C12H17N5O.